The summed E-state index contributed by atoms with van der Waals surface area (Å²) in [5.41, 5.74) is 3.07. The van der Waals surface area contributed by atoms with Crippen LogP contribution >= 0.6 is 0 Å². The SMILES string of the molecule is Cc1cn2cc(NS(=O)(=O)c3c(C)n[nH]c3C)ccc2n1. The molecule has 0 aliphatic heterocycles. The number of aryl methyl sites for hydroxylation is 3. The van der Waals surface area contributed by atoms with Gasteiger partial charge >= 0.3 is 0 Å². The van der Waals surface area contributed by atoms with Gasteiger partial charge in [0.15, 0.2) is 0 Å². The van der Waals surface area contributed by atoms with Gasteiger partial charge in [-0.1, -0.05) is 0 Å². The van der Waals surface area contributed by atoms with Crippen LogP contribution in [0.2, 0.25) is 0 Å². The van der Waals surface area contributed by atoms with E-state index in [0.717, 1.165) is 11.3 Å². The molecule has 0 aliphatic rings. The van der Waals surface area contributed by atoms with Crippen LogP contribution in [0.4, 0.5) is 5.69 Å². The normalized spacial score (nSPS) is 12.0. The Balaban J connectivity index is 2.01. The fourth-order valence-electron chi connectivity index (χ4n) is 2.32. The second-order valence-electron chi connectivity index (χ2n) is 4.93. The van der Waals surface area contributed by atoms with E-state index in [1.807, 2.05) is 13.1 Å². The van der Waals surface area contributed by atoms with Gasteiger partial charge in [0.25, 0.3) is 10.0 Å². The Bertz CT molecular complexity index is 904. The molecule has 21 heavy (non-hydrogen) atoms. The second kappa shape index (κ2) is 4.59. The Hall–Kier alpha value is -2.35. The van der Waals surface area contributed by atoms with E-state index >= 15 is 0 Å². The van der Waals surface area contributed by atoms with Crippen molar-refractivity contribution in [3.63, 3.8) is 0 Å². The van der Waals surface area contributed by atoms with Crippen molar-refractivity contribution in [2.75, 3.05) is 4.72 Å². The van der Waals surface area contributed by atoms with Crippen molar-refractivity contribution in [2.24, 2.45) is 0 Å². The third-order valence-electron chi connectivity index (χ3n) is 3.15. The molecule has 0 atom stereocenters. The molecule has 0 amide bonds. The highest BCUT2D eigenvalue weighted by molar-refractivity contribution is 7.92. The van der Waals surface area contributed by atoms with Gasteiger partial charge in [0, 0.05) is 12.4 Å². The molecule has 0 bridgehead atoms. The molecule has 110 valence electrons. The predicted molar refractivity (Wildman–Crippen MR) is 78.8 cm³/mol. The molecule has 3 aromatic rings. The lowest BCUT2D eigenvalue weighted by molar-refractivity contribution is 0.600. The zero-order chi connectivity index (χ0) is 15.2. The molecule has 0 spiro atoms. The van der Waals surface area contributed by atoms with Crippen LogP contribution in [0.15, 0.2) is 29.4 Å². The Morgan fingerprint density at radius 3 is 2.62 bits per heavy atom. The highest BCUT2D eigenvalue weighted by Gasteiger charge is 2.22. The largest absolute Gasteiger partial charge is 0.305 e. The number of aromatic nitrogens is 4. The fraction of sp³-hybridized carbons (Fsp3) is 0.231. The summed E-state index contributed by atoms with van der Waals surface area (Å²) in [4.78, 5) is 4.48. The zero-order valence-electron chi connectivity index (χ0n) is 11.9. The Kier molecular flexibility index (Phi) is 2.98. The van der Waals surface area contributed by atoms with Crippen molar-refractivity contribution in [1.29, 1.82) is 0 Å². The molecule has 0 saturated heterocycles. The lowest BCUT2D eigenvalue weighted by atomic mass is 10.4. The highest BCUT2D eigenvalue weighted by Crippen LogP contribution is 2.21. The monoisotopic (exact) mass is 305 g/mol. The topological polar surface area (TPSA) is 92.1 Å². The first-order chi connectivity index (χ1) is 9.87. The zero-order valence-corrected chi connectivity index (χ0v) is 12.7. The summed E-state index contributed by atoms with van der Waals surface area (Å²) in [7, 11) is -3.67. The summed E-state index contributed by atoms with van der Waals surface area (Å²) < 4.78 is 29.2. The molecule has 0 saturated carbocycles. The van der Waals surface area contributed by atoms with Crippen LogP contribution in [0.3, 0.4) is 0 Å². The minimum absolute atomic E-state index is 0.185. The molecule has 3 heterocycles. The maximum absolute atomic E-state index is 12.4. The number of hydrogen-bond acceptors (Lipinski definition) is 4. The minimum atomic E-state index is -3.67. The van der Waals surface area contributed by atoms with Crippen LogP contribution in [0, 0.1) is 20.8 Å². The molecule has 0 aromatic carbocycles. The van der Waals surface area contributed by atoms with Crippen LogP contribution in [-0.4, -0.2) is 28.0 Å². The van der Waals surface area contributed by atoms with Crippen molar-refractivity contribution in [1.82, 2.24) is 19.6 Å². The van der Waals surface area contributed by atoms with Crippen molar-refractivity contribution < 1.29 is 8.42 Å². The number of nitrogens with one attached hydrogen (secondary N) is 2. The molecule has 2 N–H and O–H groups in total. The molecule has 3 rings (SSSR count). The molecule has 0 fully saturated rings. The third kappa shape index (κ3) is 2.38. The van der Waals surface area contributed by atoms with Crippen LogP contribution < -0.4 is 4.72 Å². The Morgan fingerprint density at radius 1 is 1.19 bits per heavy atom. The first-order valence-electron chi connectivity index (χ1n) is 6.36. The van der Waals surface area contributed by atoms with Crippen molar-refractivity contribution >= 4 is 21.4 Å². The number of aromatic amines is 1. The average molecular weight is 305 g/mol. The smallest absolute Gasteiger partial charge is 0.265 e. The molecule has 3 aromatic heterocycles. The number of nitrogens with zero attached hydrogens (tertiary/aromatic N) is 3. The van der Waals surface area contributed by atoms with Gasteiger partial charge in [-0.2, -0.15) is 5.10 Å². The number of hydrogen-bond donors (Lipinski definition) is 2. The first kappa shape index (κ1) is 13.6. The Labute approximate surface area is 122 Å². The number of pyridine rings is 1. The van der Waals surface area contributed by atoms with E-state index in [1.165, 1.54) is 0 Å². The molecule has 0 unspecified atom stereocenters. The average Bonchev–Trinajstić information content (AvgIpc) is 2.90. The van der Waals surface area contributed by atoms with Gasteiger partial charge in [0.1, 0.15) is 10.5 Å². The summed E-state index contributed by atoms with van der Waals surface area (Å²) in [5, 5.41) is 6.60. The van der Waals surface area contributed by atoms with E-state index in [1.54, 1.807) is 36.6 Å². The van der Waals surface area contributed by atoms with Gasteiger partial charge < -0.3 is 4.40 Å². The standard InChI is InChI=1S/C13H15N5O2S/c1-8-6-18-7-11(4-5-12(18)14-8)17-21(19,20)13-9(2)15-16-10(13)3/h4-7,17H,1-3H3,(H,15,16). The molecular formula is C13H15N5O2S. The van der Waals surface area contributed by atoms with E-state index in [-0.39, 0.29) is 4.90 Å². The number of H-pyrrole nitrogens is 1. The summed E-state index contributed by atoms with van der Waals surface area (Å²) in [6.45, 7) is 5.21. The second-order valence-corrected chi connectivity index (χ2v) is 6.55. The third-order valence-corrected chi connectivity index (χ3v) is 4.80. The van der Waals surface area contributed by atoms with Gasteiger partial charge in [-0.3, -0.25) is 9.82 Å². The maximum atomic E-state index is 12.4. The van der Waals surface area contributed by atoms with Gasteiger partial charge in [-0.15, -0.1) is 0 Å². The van der Waals surface area contributed by atoms with Crippen LogP contribution in [-0.2, 0) is 10.0 Å². The van der Waals surface area contributed by atoms with Crippen LogP contribution in [0.25, 0.3) is 5.65 Å². The fourth-order valence-corrected chi connectivity index (χ4v) is 3.74. The van der Waals surface area contributed by atoms with E-state index in [9.17, 15) is 8.42 Å². The van der Waals surface area contributed by atoms with Crippen LogP contribution in [0.5, 0.6) is 0 Å². The van der Waals surface area contributed by atoms with Crippen molar-refractivity contribution in [3.05, 3.63) is 41.6 Å². The van der Waals surface area contributed by atoms with Gasteiger partial charge in [-0.25, -0.2) is 13.4 Å². The van der Waals surface area contributed by atoms with Crippen molar-refractivity contribution in [3.8, 4) is 0 Å². The lowest BCUT2D eigenvalue weighted by Crippen LogP contribution is -2.14. The molecule has 0 radical (unpaired) electrons. The van der Waals surface area contributed by atoms with Gasteiger partial charge in [0.05, 0.1) is 22.8 Å². The minimum Gasteiger partial charge on any atom is -0.305 e. The molecule has 7 nitrogen and oxygen atoms in total. The summed E-state index contributed by atoms with van der Waals surface area (Å²) >= 11 is 0. The van der Waals surface area contributed by atoms with Crippen molar-refractivity contribution in [2.45, 2.75) is 25.7 Å². The summed E-state index contributed by atoms with van der Waals surface area (Å²) in [6.07, 6.45) is 3.53. The Morgan fingerprint density at radius 2 is 1.95 bits per heavy atom. The van der Waals surface area contributed by atoms with E-state index < -0.39 is 10.0 Å². The van der Waals surface area contributed by atoms with E-state index in [0.29, 0.717) is 17.1 Å². The summed E-state index contributed by atoms with van der Waals surface area (Å²) in [6, 6.07) is 3.45. The summed E-state index contributed by atoms with van der Waals surface area (Å²) in [5.74, 6) is 0. The van der Waals surface area contributed by atoms with Gasteiger partial charge in [0.2, 0.25) is 0 Å². The predicted octanol–water partition coefficient (Wildman–Crippen LogP) is 1.78. The molecule has 8 heteroatoms. The number of fused-ring (bicyclic) bond motifs is 1. The first-order valence-corrected chi connectivity index (χ1v) is 7.85. The van der Waals surface area contributed by atoms with E-state index in [2.05, 4.69) is 19.9 Å². The lowest BCUT2D eigenvalue weighted by Gasteiger charge is -2.08. The molecular weight excluding hydrogens is 290 g/mol. The van der Waals surface area contributed by atoms with E-state index in [4.69, 9.17) is 0 Å². The quantitative estimate of drug-likeness (QED) is 0.771. The van der Waals surface area contributed by atoms with Gasteiger partial charge in [-0.05, 0) is 32.9 Å². The highest BCUT2D eigenvalue weighted by atomic mass is 32.2. The number of imidazole rings is 1. The maximum Gasteiger partial charge on any atom is 0.265 e. The number of sulfonamides is 1. The van der Waals surface area contributed by atoms with Crippen LogP contribution in [0.1, 0.15) is 17.1 Å². The molecule has 0 aliphatic carbocycles. The number of rotatable bonds is 3. The number of anilines is 1.